The van der Waals surface area contributed by atoms with Crippen LogP contribution in [0.15, 0.2) is 22.8 Å². The van der Waals surface area contributed by atoms with Crippen LogP contribution in [-0.2, 0) is 0 Å². The van der Waals surface area contributed by atoms with Gasteiger partial charge in [-0.1, -0.05) is 6.92 Å². The summed E-state index contributed by atoms with van der Waals surface area (Å²) in [5, 5.41) is 3.40. The number of nitrogens with zero attached hydrogens (tertiary/aromatic N) is 2. The summed E-state index contributed by atoms with van der Waals surface area (Å²) < 4.78 is 1.04. The molecule has 3 nitrogen and oxygen atoms in total. The first kappa shape index (κ1) is 12.8. The van der Waals surface area contributed by atoms with E-state index in [0.717, 1.165) is 16.8 Å². The van der Waals surface area contributed by atoms with Gasteiger partial charge in [0.1, 0.15) is 5.82 Å². The third-order valence-corrected chi connectivity index (χ3v) is 3.78. The lowest BCUT2D eigenvalue weighted by molar-refractivity contribution is 0.294. The Balaban J connectivity index is 1.75. The first-order valence-electron chi connectivity index (χ1n) is 6.32. The van der Waals surface area contributed by atoms with Gasteiger partial charge in [-0.25, -0.2) is 4.98 Å². The zero-order valence-electron chi connectivity index (χ0n) is 10.3. The molecule has 1 saturated heterocycles. The van der Waals surface area contributed by atoms with Crippen molar-refractivity contribution in [1.29, 1.82) is 0 Å². The average Bonchev–Trinajstić information content (AvgIpc) is 2.81. The summed E-state index contributed by atoms with van der Waals surface area (Å²) in [7, 11) is 0. The lowest BCUT2D eigenvalue weighted by Crippen LogP contribution is -2.29. The topological polar surface area (TPSA) is 28.2 Å². The molecule has 0 spiro atoms. The molecule has 2 heterocycles. The van der Waals surface area contributed by atoms with Crippen LogP contribution in [0.1, 0.15) is 19.8 Å². The van der Waals surface area contributed by atoms with E-state index in [1.165, 1.54) is 32.5 Å². The highest BCUT2D eigenvalue weighted by atomic mass is 79.9. The molecular formula is C13H20BrN3. The number of aromatic nitrogens is 1. The van der Waals surface area contributed by atoms with Crippen LogP contribution in [0.5, 0.6) is 0 Å². The smallest absolute Gasteiger partial charge is 0.140 e. The third kappa shape index (κ3) is 3.96. The van der Waals surface area contributed by atoms with Gasteiger partial charge in [0.25, 0.3) is 0 Å². The molecule has 0 bridgehead atoms. The molecule has 4 heteroatoms. The molecule has 1 atom stereocenters. The van der Waals surface area contributed by atoms with Crippen LogP contribution in [0.2, 0.25) is 0 Å². The van der Waals surface area contributed by atoms with Crippen LogP contribution < -0.4 is 5.32 Å². The van der Waals surface area contributed by atoms with Gasteiger partial charge < -0.3 is 10.2 Å². The van der Waals surface area contributed by atoms with Gasteiger partial charge in [-0.05, 0) is 59.9 Å². The van der Waals surface area contributed by atoms with E-state index in [9.17, 15) is 0 Å². The van der Waals surface area contributed by atoms with E-state index < -0.39 is 0 Å². The Morgan fingerprint density at radius 3 is 2.94 bits per heavy atom. The fourth-order valence-corrected chi connectivity index (χ4v) is 2.65. The van der Waals surface area contributed by atoms with Crippen LogP contribution in [0.25, 0.3) is 0 Å². The van der Waals surface area contributed by atoms with Crippen molar-refractivity contribution in [3.63, 3.8) is 0 Å². The minimum atomic E-state index is 0.655. The van der Waals surface area contributed by atoms with Crippen molar-refractivity contribution in [2.24, 2.45) is 5.92 Å². The largest absolute Gasteiger partial charge is 0.369 e. The highest BCUT2D eigenvalue weighted by molar-refractivity contribution is 9.10. The van der Waals surface area contributed by atoms with Crippen LogP contribution in [-0.4, -0.2) is 36.1 Å². The van der Waals surface area contributed by atoms with Crippen molar-refractivity contribution in [3.8, 4) is 0 Å². The normalized spacial score (nSPS) is 18.2. The molecule has 1 aromatic heterocycles. The van der Waals surface area contributed by atoms with E-state index >= 15 is 0 Å². The van der Waals surface area contributed by atoms with Gasteiger partial charge in [-0.2, -0.15) is 0 Å². The molecule has 1 aliphatic heterocycles. The Labute approximate surface area is 112 Å². The predicted octanol–water partition coefficient (Wildman–Crippen LogP) is 2.99. The quantitative estimate of drug-likeness (QED) is 0.906. The number of anilines is 1. The summed E-state index contributed by atoms with van der Waals surface area (Å²) in [5.74, 6) is 1.60. The van der Waals surface area contributed by atoms with E-state index in [1.54, 1.807) is 0 Å². The minimum Gasteiger partial charge on any atom is -0.369 e. The van der Waals surface area contributed by atoms with Crippen molar-refractivity contribution >= 4 is 21.7 Å². The van der Waals surface area contributed by atoms with Crippen LogP contribution in [0, 0.1) is 5.92 Å². The number of likely N-dealkylation sites (tertiary alicyclic amines) is 1. The van der Waals surface area contributed by atoms with Gasteiger partial charge in [0.15, 0.2) is 0 Å². The van der Waals surface area contributed by atoms with Gasteiger partial charge in [0, 0.05) is 19.3 Å². The van der Waals surface area contributed by atoms with Crippen LogP contribution in [0.4, 0.5) is 5.82 Å². The maximum atomic E-state index is 4.31. The summed E-state index contributed by atoms with van der Waals surface area (Å²) in [6, 6.07) is 3.95. The summed E-state index contributed by atoms with van der Waals surface area (Å²) in [5.41, 5.74) is 0. The molecule has 94 valence electrons. The number of nitrogens with one attached hydrogen (secondary N) is 1. The molecular weight excluding hydrogens is 278 g/mol. The van der Waals surface area contributed by atoms with E-state index in [-0.39, 0.29) is 0 Å². The lowest BCUT2D eigenvalue weighted by atomic mass is 10.1. The molecule has 0 aromatic carbocycles. The van der Waals surface area contributed by atoms with Crippen molar-refractivity contribution < 1.29 is 0 Å². The van der Waals surface area contributed by atoms with Gasteiger partial charge in [-0.3, -0.25) is 0 Å². The van der Waals surface area contributed by atoms with Gasteiger partial charge in [0.2, 0.25) is 0 Å². The molecule has 1 N–H and O–H groups in total. The average molecular weight is 298 g/mol. The fraction of sp³-hybridized carbons (Fsp3) is 0.615. The SMILES string of the molecule is CC(CNc1ncccc1Br)CN1CCCC1. The number of hydrogen-bond donors (Lipinski definition) is 1. The lowest BCUT2D eigenvalue weighted by Gasteiger charge is -2.20. The van der Waals surface area contributed by atoms with Crippen LogP contribution in [0.3, 0.4) is 0 Å². The Kier molecular flexibility index (Phi) is 4.80. The molecule has 1 fully saturated rings. The Hall–Kier alpha value is -0.610. The molecule has 0 radical (unpaired) electrons. The third-order valence-electron chi connectivity index (χ3n) is 3.15. The maximum absolute atomic E-state index is 4.31. The Morgan fingerprint density at radius 1 is 1.47 bits per heavy atom. The van der Waals surface area contributed by atoms with Crippen LogP contribution >= 0.6 is 15.9 Å². The Bertz CT molecular complexity index is 350. The zero-order chi connectivity index (χ0) is 12.1. The molecule has 0 saturated carbocycles. The number of rotatable bonds is 5. The maximum Gasteiger partial charge on any atom is 0.140 e. The molecule has 1 aliphatic rings. The highest BCUT2D eigenvalue weighted by Crippen LogP contribution is 2.18. The van der Waals surface area contributed by atoms with Crippen molar-refractivity contribution in [1.82, 2.24) is 9.88 Å². The minimum absolute atomic E-state index is 0.655. The molecule has 0 amide bonds. The fourth-order valence-electron chi connectivity index (χ4n) is 2.26. The molecule has 1 aromatic rings. The molecule has 1 unspecified atom stereocenters. The first-order valence-corrected chi connectivity index (χ1v) is 7.12. The predicted molar refractivity (Wildman–Crippen MR) is 75.3 cm³/mol. The van der Waals surface area contributed by atoms with Gasteiger partial charge >= 0.3 is 0 Å². The summed E-state index contributed by atoms with van der Waals surface area (Å²) in [6.07, 6.45) is 4.55. The summed E-state index contributed by atoms with van der Waals surface area (Å²) >= 11 is 3.50. The van der Waals surface area contributed by atoms with Crippen molar-refractivity contribution in [3.05, 3.63) is 22.8 Å². The number of halogens is 1. The first-order chi connectivity index (χ1) is 8.25. The summed E-state index contributed by atoms with van der Waals surface area (Å²) in [4.78, 5) is 6.87. The van der Waals surface area contributed by atoms with E-state index in [2.05, 4.69) is 38.1 Å². The second-order valence-corrected chi connectivity index (χ2v) is 5.68. The van der Waals surface area contributed by atoms with E-state index in [1.807, 2.05) is 18.3 Å². The van der Waals surface area contributed by atoms with E-state index in [4.69, 9.17) is 0 Å². The highest BCUT2D eigenvalue weighted by Gasteiger charge is 2.14. The van der Waals surface area contributed by atoms with Gasteiger partial charge in [0.05, 0.1) is 4.47 Å². The standard InChI is InChI=1S/C13H20BrN3/c1-11(10-17-7-2-3-8-17)9-16-13-12(14)5-4-6-15-13/h4-6,11H,2-3,7-10H2,1H3,(H,15,16). The molecule has 0 aliphatic carbocycles. The second kappa shape index (κ2) is 6.36. The monoisotopic (exact) mass is 297 g/mol. The molecule has 17 heavy (non-hydrogen) atoms. The van der Waals surface area contributed by atoms with Crippen molar-refractivity contribution in [2.75, 3.05) is 31.5 Å². The molecule has 2 rings (SSSR count). The van der Waals surface area contributed by atoms with Crippen molar-refractivity contribution in [2.45, 2.75) is 19.8 Å². The number of pyridine rings is 1. The van der Waals surface area contributed by atoms with Gasteiger partial charge in [-0.15, -0.1) is 0 Å². The number of hydrogen-bond acceptors (Lipinski definition) is 3. The van der Waals surface area contributed by atoms with E-state index in [0.29, 0.717) is 5.92 Å². The zero-order valence-corrected chi connectivity index (χ0v) is 11.9. The Morgan fingerprint density at radius 2 is 2.24 bits per heavy atom. The second-order valence-electron chi connectivity index (χ2n) is 4.83. The summed E-state index contributed by atoms with van der Waals surface area (Å²) in [6.45, 7) is 7.01.